The van der Waals surface area contributed by atoms with Gasteiger partial charge in [0.25, 0.3) is 0 Å². The fourth-order valence-electron chi connectivity index (χ4n) is 1.86. The summed E-state index contributed by atoms with van der Waals surface area (Å²) in [6.45, 7) is 2.13. The molecule has 4 heteroatoms. The first-order chi connectivity index (χ1) is 8.34. The van der Waals surface area contributed by atoms with Crippen molar-refractivity contribution in [2.75, 3.05) is 0 Å². The quantitative estimate of drug-likeness (QED) is 0.727. The van der Waals surface area contributed by atoms with E-state index in [9.17, 15) is 0 Å². The van der Waals surface area contributed by atoms with Crippen LogP contribution in [0.5, 0.6) is 0 Å². The highest BCUT2D eigenvalue weighted by Gasteiger charge is 2.11. The van der Waals surface area contributed by atoms with Crippen LogP contribution in [0.15, 0.2) is 42.9 Å². The SMILES string of the molecule is CC(c1ccccc1)c1cnc2nc[nH]c2n1. The lowest BCUT2D eigenvalue weighted by Gasteiger charge is -2.10. The lowest BCUT2D eigenvalue weighted by Crippen LogP contribution is -2.00. The van der Waals surface area contributed by atoms with E-state index < -0.39 is 0 Å². The minimum absolute atomic E-state index is 0.233. The van der Waals surface area contributed by atoms with Crippen LogP contribution < -0.4 is 0 Å². The third kappa shape index (κ3) is 1.78. The zero-order valence-corrected chi connectivity index (χ0v) is 9.46. The third-order valence-electron chi connectivity index (χ3n) is 2.90. The van der Waals surface area contributed by atoms with E-state index in [1.165, 1.54) is 5.56 Å². The van der Waals surface area contributed by atoms with E-state index in [0.29, 0.717) is 5.65 Å². The highest BCUT2D eigenvalue weighted by atomic mass is 15.0. The van der Waals surface area contributed by atoms with Gasteiger partial charge < -0.3 is 4.98 Å². The van der Waals surface area contributed by atoms with Gasteiger partial charge in [-0.2, -0.15) is 0 Å². The Labute approximate surface area is 98.8 Å². The number of aromatic amines is 1. The van der Waals surface area contributed by atoms with Crippen molar-refractivity contribution in [3.63, 3.8) is 0 Å². The largest absolute Gasteiger partial charge is 0.328 e. The van der Waals surface area contributed by atoms with Crippen molar-refractivity contribution in [3.8, 4) is 0 Å². The molecule has 1 aromatic carbocycles. The van der Waals surface area contributed by atoms with Crippen molar-refractivity contribution in [1.82, 2.24) is 19.9 Å². The molecule has 0 aliphatic carbocycles. The minimum Gasteiger partial charge on any atom is -0.328 e. The molecule has 0 aliphatic rings. The van der Waals surface area contributed by atoms with Crippen LogP contribution in [0.3, 0.4) is 0 Å². The topological polar surface area (TPSA) is 54.5 Å². The van der Waals surface area contributed by atoms with Gasteiger partial charge in [0.05, 0.1) is 18.2 Å². The molecular weight excluding hydrogens is 212 g/mol. The summed E-state index contributed by atoms with van der Waals surface area (Å²) in [5.41, 5.74) is 3.59. The normalized spacial score (nSPS) is 12.8. The predicted molar refractivity (Wildman–Crippen MR) is 65.6 cm³/mol. The number of hydrogen-bond donors (Lipinski definition) is 1. The molecule has 0 aliphatic heterocycles. The summed E-state index contributed by atoms with van der Waals surface area (Å²) in [4.78, 5) is 15.9. The first-order valence-electron chi connectivity index (χ1n) is 5.55. The maximum Gasteiger partial charge on any atom is 0.197 e. The number of rotatable bonds is 2. The van der Waals surface area contributed by atoms with Crippen LogP contribution in [0.2, 0.25) is 0 Å². The van der Waals surface area contributed by atoms with Gasteiger partial charge in [0.1, 0.15) is 0 Å². The number of nitrogens with zero attached hydrogens (tertiary/aromatic N) is 3. The lowest BCUT2D eigenvalue weighted by atomic mass is 9.98. The van der Waals surface area contributed by atoms with Gasteiger partial charge in [-0.1, -0.05) is 37.3 Å². The molecule has 2 aromatic heterocycles. The Morgan fingerprint density at radius 2 is 1.94 bits per heavy atom. The van der Waals surface area contributed by atoms with Gasteiger partial charge in [-0.3, -0.25) is 0 Å². The van der Waals surface area contributed by atoms with E-state index >= 15 is 0 Å². The number of aromatic nitrogens is 4. The lowest BCUT2D eigenvalue weighted by molar-refractivity contribution is 0.867. The smallest absolute Gasteiger partial charge is 0.197 e. The molecule has 1 unspecified atom stereocenters. The van der Waals surface area contributed by atoms with Crippen LogP contribution in [0.1, 0.15) is 24.1 Å². The monoisotopic (exact) mass is 224 g/mol. The molecule has 3 rings (SSSR count). The first-order valence-corrected chi connectivity index (χ1v) is 5.55. The van der Waals surface area contributed by atoms with Crippen LogP contribution >= 0.6 is 0 Å². The molecule has 0 bridgehead atoms. The van der Waals surface area contributed by atoms with Crippen molar-refractivity contribution < 1.29 is 0 Å². The highest BCUT2D eigenvalue weighted by Crippen LogP contribution is 2.22. The Hall–Kier alpha value is -2.23. The summed E-state index contributed by atoms with van der Waals surface area (Å²) in [6, 6.07) is 10.3. The molecule has 17 heavy (non-hydrogen) atoms. The summed E-state index contributed by atoms with van der Waals surface area (Å²) in [5.74, 6) is 0.233. The van der Waals surface area contributed by atoms with Gasteiger partial charge >= 0.3 is 0 Å². The maximum absolute atomic E-state index is 4.53. The zero-order valence-electron chi connectivity index (χ0n) is 9.46. The molecule has 2 heterocycles. The zero-order chi connectivity index (χ0) is 11.7. The Balaban J connectivity index is 2.03. The summed E-state index contributed by atoms with van der Waals surface area (Å²) in [7, 11) is 0. The van der Waals surface area contributed by atoms with Gasteiger partial charge in [0.2, 0.25) is 0 Å². The summed E-state index contributed by atoms with van der Waals surface area (Å²) < 4.78 is 0. The van der Waals surface area contributed by atoms with Crippen LogP contribution in [-0.2, 0) is 0 Å². The van der Waals surface area contributed by atoms with E-state index in [2.05, 4.69) is 39.0 Å². The molecule has 0 amide bonds. The van der Waals surface area contributed by atoms with Crippen molar-refractivity contribution in [3.05, 3.63) is 54.1 Å². The van der Waals surface area contributed by atoms with E-state index in [1.807, 2.05) is 18.2 Å². The maximum atomic E-state index is 4.53. The Bertz CT molecular complexity index is 630. The number of nitrogens with one attached hydrogen (secondary N) is 1. The number of H-pyrrole nitrogens is 1. The molecule has 1 N–H and O–H groups in total. The highest BCUT2D eigenvalue weighted by molar-refractivity contribution is 5.64. The number of benzene rings is 1. The van der Waals surface area contributed by atoms with Crippen LogP contribution in [0, 0.1) is 0 Å². The Morgan fingerprint density at radius 1 is 1.12 bits per heavy atom. The number of imidazole rings is 1. The number of fused-ring (bicyclic) bond motifs is 1. The molecule has 4 nitrogen and oxygen atoms in total. The van der Waals surface area contributed by atoms with Crippen molar-refractivity contribution in [2.24, 2.45) is 0 Å². The molecule has 0 radical (unpaired) electrons. The van der Waals surface area contributed by atoms with Crippen molar-refractivity contribution >= 4 is 11.3 Å². The molecular formula is C13H12N4. The molecule has 84 valence electrons. The van der Waals surface area contributed by atoms with Crippen molar-refractivity contribution in [2.45, 2.75) is 12.8 Å². The van der Waals surface area contributed by atoms with Crippen LogP contribution in [-0.4, -0.2) is 19.9 Å². The molecule has 0 fully saturated rings. The average molecular weight is 224 g/mol. The second-order valence-corrected chi connectivity index (χ2v) is 4.00. The van der Waals surface area contributed by atoms with E-state index in [-0.39, 0.29) is 5.92 Å². The van der Waals surface area contributed by atoms with Gasteiger partial charge in [-0.15, -0.1) is 0 Å². The van der Waals surface area contributed by atoms with Gasteiger partial charge in [-0.25, -0.2) is 15.0 Å². The standard InChI is InChI=1S/C13H12N4/c1-9(10-5-3-2-4-6-10)11-7-14-12-13(17-11)16-8-15-12/h2-9H,1H3,(H,14,15,16,17). The van der Waals surface area contributed by atoms with Gasteiger partial charge in [0.15, 0.2) is 11.3 Å². The van der Waals surface area contributed by atoms with E-state index in [4.69, 9.17) is 0 Å². The summed E-state index contributed by atoms with van der Waals surface area (Å²) in [5, 5.41) is 0. The van der Waals surface area contributed by atoms with Gasteiger partial charge in [0, 0.05) is 5.92 Å². The fraction of sp³-hybridized carbons (Fsp3) is 0.154. The van der Waals surface area contributed by atoms with Crippen LogP contribution in [0.4, 0.5) is 0 Å². The second-order valence-electron chi connectivity index (χ2n) is 4.00. The minimum atomic E-state index is 0.233. The molecule has 0 spiro atoms. The molecule has 1 atom stereocenters. The van der Waals surface area contributed by atoms with E-state index in [1.54, 1.807) is 12.5 Å². The average Bonchev–Trinajstić information content (AvgIpc) is 2.86. The third-order valence-corrected chi connectivity index (χ3v) is 2.90. The van der Waals surface area contributed by atoms with Crippen LogP contribution in [0.25, 0.3) is 11.3 Å². The Kier molecular flexibility index (Phi) is 2.33. The predicted octanol–water partition coefficient (Wildman–Crippen LogP) is 2.50. The molecule has 0 saturated heterocycles. The fourth-order valence-corrected chi connectivity index (χ4v) is 1.86. The summed E-state index contributed by atoms with van der Waals surface area (Å²) in [6.07, 6.45) is 3.41. The molecule has 0 saturated carbocycles. The van der Waals surface area contributed by atoms with Gasteiger partial charge in [-0.05, 0) is 5.56 Å². The second kappa shape index (κ2) is 3.97. The Morgan fingerprint density at radius 3 is 2.76 bits per heavy atom. The van der Waals surface area contributed by atoms with Crippen molar-refractivity contribution in [1.29, 1.82) is 0 Å². The first kappa shape index (κ1) is 9.96. The number of hydrogen-bond acceptors (Lipinski definition) is 3. The summed E-state index contributed by atoms with van der Waals surface area (Å²) >= 11 is 0. The van der Waals surface area contributed by atoms with E-state index in [0.717, 1.165) is 11.3 Å². The molecule has 3 aromatic rings.